The van der Waals surface area contributed by atoms with E-state index in [0.717, 1.165) is 19.3 Å². The summed E-state index contributed by atoms with van der Waals surface area (Å²) >= 11 is 8.45. The molecule has 2 nitrogen and oxygen atoms in total. The molecule has 0 unspecified atom stereocenters. The average Bonchev–Trinajstić information content (AvgIpc) is 2.25. The van der Waals surface area contributed by atoms with E-state index in [0.29, 0.717) is 6.42 Å². The zero-order valence-corrected chi connectivity index (χ0v) is 12.4. The van der Waals surface area contributed by atoms with Crippen LogP contribution in [0, 0.1) is 0 Å². The first kappa shape index (κ1) is 17.2. The predicted octanol–water partition coefficient (Wildman–Crippen LogP) is 4.55. The highest BCUT2D eigenvalue weighted by molar-refractivity contribution is 7.99. The van der Waals surface area contributed by atoms with Crippen molar-refractivity contribution < 1.29 is 9.90 Å². The lowest BCUT2D eigenvalue weighted by atomic mass is 10.1. The molecule has 0 aliphatic rings. The van der Waals surface area contributed by atoms with Crippen LogP contribution in [0.25, 0.3) is 0 Å². The van der Waals surface area contributed by atoms with Gasteiger partial charge in [-0.05, 0) is 12.8 Å². The maximum Gasteiger partial charge on any atom is 0.303 e. The molecule has 0 saturated heterocycles. The van der Waals surface area contributed by atoms with Crippen LogP contribution in [-0.2, 0) is 4.79 Å². The maximum atomic E-state index is 10.3. The Bertz CT molecular complexity index is 184. The Morgan fingerprint density at radius 2 is 1.24 bits per heavy atom. The standard InChI is InChI=1S/C13H26O2S2/c14-12(15)10-8-6-4-2-1-3-5-7-9-11-13(16)17/h13,16-17H,1-11H2,(H,14,15). The first-order valence-electron chi connectivity index (χ1n) is 6.71. The van der Waals surface area contributed by atoms with Gasteiger partial charge in [-0.15, -0.1) is 0 Å². The van der Waals surface area contributed by atoms with Crippen LogP contribution in [0.3, 0.4) is 0 Å². The molecule has 0 aromatic heterocycles. The summed E-state index contributed by atoms with van der Waals surface area (Å²) < 4.78 is 0.240. The number of unbranched alkanes of at least 4 members (excludes halogenated alkanes) is 8. The van der Waals surface area contributed by atoms with Crippen LogP contribution < -0.4 is 0 Å². The largest absolute Gasteiger partial charge is 0.481 e. The highest BCUT2D eigenvalue weighted by atomic mass is 32.2. The van der Waals surface area contributed by atoms with Gasteiger partial charge in [0.15, 0.2) is 0 Å². The summed E-state index contributed by atoms with van der Waals surface area (Å²) in [5, 5.41) is 8.46. The summed E-state index contributed by atoms with van der Waals surface area (Å²) in [5.74, 6) is -0.670. The van der Waals surface area contributed by atoms with Crippen LogP contribution >= 0.6 is 25.3 Å². The van der Waals surface area contributed by atoms with E-state index < -0.39 is 5.97 Å². The zero-order valence-electron chi connectivity index (χ0n) is 10.6. The summed E-state index contributed by atoms with van der Waals surface area (Å²) in [6.45, 7) is 0. The molecule has 0 fully saturated rings. The first-order valence-corrected chi connectivity index (χ1v) is 7.74. The molecular formula is C13H26O2S2. The third-order valence-corrected chi connectivity index (χ3v) is 3.37. The molecule has 0 atom stereocenters. The zero-order chi connectivity index (χ0) is 12.9. The molecule has 0 spiro atoms. The molecule has 102 valence electrons. The third-order valence-electron chi connectivity index (χ3n) is 2.85. The van der Waals surface area contributed by atoms with Gasteiger partial charge >= 0.3 is 5.97 Å². The lowest BCUT2D eigenvalue weighted by molar-refractivity contribution is -0.137. The second-order valence-corrected chi connectivity index (χ2v) is 6.25. The fourth-order valence-corrected chi connectivity index (χ4v) is 2.21. The fraction of sp³-hybridized carbons (Fsp3) is 0.923. The van der Waals surface area contributed by atoms with Gasteiger partial charge in [0.25, 0.3) is 0 Å². The monoisotopic (exact) mass is 278 g/mol. The number of hydrogen-bond acceptors (Lipinski definition) is 3. The van der Waals surface area contributed by atoms with Gasteiger partial charge in [0.2, 0.25) is 0 Å². The number of carboxylic acid groups (broad SMARTS) is 1. The van der Waals surface area contributed by atoms with Crippen LogP contribution in [0.2, 0.25) is 0 Å². The molecule has 0 rings (SSSR count). The van der Waals surface area contributed by atoms with Crippen molar-refractivity contribution in [2.24, 2.45) is 0 Å². The van der Waals surface area contributed by atoms with Crippen molar-refractivity contribution in [3.05, 3.63) is 0 Å². The Balaban J connectivity index is 2.96. The van der Waals surface area contributed by atoms with E-state index in [9.17, 15) is 4.79 Å². The molecule has 0 saturated carbocycles. The number of carbonyl (C=O) groups is 1. The Morgan fingerprint density at radius 1 is 0.824 bits per heavy atom. The molecule has 0 radical (unpaired) electrons. The number of carboxylic acids is 1. The van der Waals surface area contributed by atoms with Crippen molar-refractivity contribution in [1.82, 2.24) is 0 Å². The van der Waals surface area contributed by atoms with Gasteiger partial charge in [0.1, 0.15) is 0 Å². The fourth-order valence-electron chi connectivity index (χ4n) is 1.84. The lowest BCUT2D eigenvalue weighted by Crippen LogP contribution is -1.93. The van der Waals surface area contributed by atoms with Crippen LogP contribution in [0.4, 0.5) is 0 Å². The van der Waals surface area contributed by atoms with E-state index in [1.54, 1.807) is 0 Å². The van der Waals surface area contributed by atoms with Crippen LogP contribution in [-0.4, -0.2) is 15.7 Å². The molecule has 0 aromatic rings. The van der Waals surface area contributed by atoms with Crippen molar-refractivity contribution in [1.29, 1.82) is 0 Å². The van der Waals surface area contributed by atoms with E-state index >= 15 is 0 Å². The third kappa shape index (κ3) is 16.2. The highest BCUT2D eigenvalue weighted by Crippen LogP contribution is 2.14. The minimum absolute atomic E-state index is 0.240. The minimum atomic E-state index is -0.670. The van der Waals surface area contributed by atoms with Gasteiger partial charge in [-0.25, -0.2) is 0 Å². The molecule has 0 amide bonds. The smallest absolute Gasteiger partial charge is 0.303 e. The SMILES string of the molecule is O=C(O)CCCCCCCCCCCC(S)S. The van der Waals surface area contributed by atoms with E-state index in [1.165, 1.54) is 44.9 Å². The Morgan fingerprint density at radius 3 is 1.65 bits per heavy atom. The maximum absolute atomic E-state index is 10.3. The molecule has 0 aliphatic heterocycles. The van der Waals surface area contributed by atoms with Gasteiger partial charge in [-0.2, -0.15) is 25.3 Å². The topological polar surface area (TPSA) is 37.3 Å². The Labute approximate surface area is 116 Å². The molecule has 0 heterocycles. The van der Waals surface area contributed by atoms with E-state index in [2.05, 4.69) is 25.3 Å². The Hall–Kier alpha value is 0.170. The molecular weight excluding hydrogens is 252 g/mol. The van der Waals surface area contributed by atoms with E-state index in [1.807, 2.05) is 0 Å². The summed E-state index contributed by atoms with van der Waals surface area (Å²) in [7, 11) is 0. The number of thiol groups is 2. The van der Waals surface area contributed by atoms with Gasteiger partial charge in [0.05, 0.1) is 0 Å². The van der Waals surface area contributed by atoms with Crippen molar-refractivity contribution in [3.8, 4) is 0 Å². The minimum Gasteiger partial charge on any atom is -0.481 e. The molecule has 1 N–H and O–H groups in total. The lowest BCUT2D eigenvalue weighted by Gasteiger charge is -2.03. The van der Waals surface area contributed by atoms with Gasteiger partial charge in [-0.3, -0.25) is 4.79 Å². The number of aliphatic carboxylic acids is 1. The summed E-state index contributed by atoms with van der Waals surface area (Å²) in [5.41, 5.74) is 0. The number of hydrogen-bond donors (Lipinski definition) is 3. The number of rotatable bonds is 12. The van der Waals surface area contributed by atoms with Crippen molar-refractivity contribution in [3.63, 3.8) is 0 Å². The van der Waals surface area contributed by atoms with E-state index in [4.69, 9.17) is 5.11 Å². The molecule has 0 aromatic carbocycles. The quantitative estimate of drug-likeness (QED) is 0.278. The van der Waals surface area contributed by atoms with Crippen molar-refractivity contribution >= 4 is 31.2 Å². The molecule has 0 bridgehead atoms. The second-order valence-electron chi connectivity index (χ2n) is 4.60. The molecule has 0 aliphatic carbocycles. The van der Waals surface area contributed by atoms with Gasteiger partial charge in [-0.1, -0.05) is 51.4 Å². The normalized spacial score (nSPS) is 11.0. The summed E-state index contributed by atoms with van der Waals surface area (Å²) in [4.78, 5) is 10.3. The second kappa shape index (κ2) is 12.6. The average molecular weight is 278 g/mol. The van der Waals surface area contributed by atoms with E-state index in [-0.39, 0.29) is 4.58 Å². The molecule has 4 heteroatoms. The molecule has 17 heavy (non-hydrogen) atoms. The van der Waals surface area contributed by atoms with Crippen molar-refractivity contribution in [2.75, 3.05) is 0 Å². The van der Waals surface area contributed by atoms with Crippen molar-refractivity contribution in [2.45, 2.75) is 75.2 Å². The summed E-state index contributed by atoms with van der Waals surface area (Å²) in [6.07, 6.45) is 12.2. The van der Waals surface area contributed by atoms with Gasteiger partial charge < -0.3 is 5.11 Å². The summed E-state index contributed by atoms with van der Waals surface area (Å²) in [6, 6.07) is 0. The van der Waals surface area contributed by atoms with Crippen LogP contribution in [0.15, 0.2) is 0 Å². The first-order chi connectivity index (χ1) is 8.13. The van der Waals surface area contributed by atoms with Gasteiger partial charge in [0, 0.05) is 11.0 Å². The Kier molecular flexibility index (Phi) is 12.7. The van der Waals surface area contributed by atoms with Crippen LogP contribution in [0.1, 0.15) is 70.6 Å². The highest BCUT2D eigenvalue weighted by Gasteiger charge is 1.97. The van der Waals surface area contributed by atoms with Crippen LogP contribution in [0.5, 0.6) is 0 Å². The predicted molar refractivity (Wildman–Crippen MR) is 80.2 cm³/mol.